The quantitative estimate of drug-likeness (QED) is 0.796. The van der Waals surface area contributed by atoms with Crippen LogP contribution in [0.15, 0.2) is 17.5 Å². The summed E-state index contributed by atoms with van der Waals surface area (Å²) in [4.78, 5) is 12.7. The number of nitrogens with one attached hydrogen (secondary N) is 2. The predicted molar refractivity (Wildman–Crippen MR) is 65.9 cm³/mol. The molecule has 0 aromatic carbocycles. The molecule has 90 valence electrons. The SMILES string of the molecule is COCC(C)NC(=O)NCCc1cccs1. The molecular weight excluding hydrogens is 224 g/mol. The van der Waals surface area contributed by atoms with Crippen molar-refractivity contribution in [3.63, 3.8) is 0 Å². The number of methoxy groups -OCH3 is 1. The Hall–Kier alpha value is -1.07. The van der Waals surface area contributed by atoms with Gasteiger partial charge in [0.2, 0.25) is 0 Å². The molecule has 2 N–H and O–H groups in total. The zero-order valence-electron chi connectivity index (χ0n) is 9.66. The van der Waals surface area contributed by atoms with E-state index in [0.29, 0.717) is 13.2 Å². The molecule has 0 aliphatic rings. The van der Waals surface area contributed by atoms with Gasteiger partial charge in [-0.3, -0.25) is 0 Å². The van der Waals surface area contributed by atoms with Crippen LogP contribution in [-0.2, 0) is 11.2 Å². The van der Waals surface area contributed by atoms with E-state index in [1.165, 1.54) is 4.88 Å². The topological polar surface area (TPSA) is 50.4 Å². The van der Waals surface area contributed by atoms with Crippen molar-refractivity contribution in [2.24, 2.45) is 0 Å². The Kier molecular flexibility index (Phi) is 5.88. The van der Waals surface area contributed by atoms with Crippen LogP contribution in [0.2, 0.25) is 0 Å². The molecule has 0 aliphatic heterocycles. The minimum atomic E-state index is -0.138. The number of rotatable bonds is 6. The molecule has 1 aromatic heterocycles. The maximum Gasteiger partial charge on any atom is 0.315 e. The van der Waals surface area contributed by atoms with Crippen molar-refractivity contribution in [1.29, 1.82) is 0 Å². The van der Waals surface area contributed by atoms with E-state index in [1.807, 2.05) is 18.4 Å². The average molecular weight is 242 g/mol. The van der Waals surface area contributed by atoms with E-state index in [-0.39, 0.29) is 12.1 Å². The highest BCUT2D eigenvalue weighted by Crippen LogP contribution is 2.07. The largest absolute Gasteiger partial charge is 0.383 e. The van der Waals surface area contributed by atoms with Gasteiger partial charge in [-0.1, -0.05) is 6.07 Å². The van der Waals surface area contributed by atoms with Gasteiger partial charge in [-0.2, -0.15) is 0 Å². The number of hydrogen-bond donors (Lipinski definition) is 2. The molecule has 0 saturated heterocycles. The van der Waals surface area contributed by atoms with E-state index >= 15 is 0 Å². The van der Waals surface area contributed by atoms with Gasteiger partial charge in [0.05, 0.1) is 12.6 Å². The van der Waals surface area contributed by atoms with Crippen LogP contribution < -0.4 is 10.6 Å². The average Bonchev–Trinajstić information content (AvgIpc) is 2.70. The molecule has 16 heavy (non-hydrogen) atoms. The highest BCUT2D eigenvalue weighted by molar-refractivity contribution is 7.09. The summed E-state index contributed by atoms with van der Waals surface area (Å²) in [6, 6.07) is 3.98. The smallest absolute Gasteiger partial charge is 0.315 e. The molecule has 5 heteroatoms. The van der Waals surface area contributed by atoms with Gasteiger partial charge in [-0.25, -0.2) is 4.79 Å². The molecule has 1 aromatic rings. The third kappa shape index (κ3) is 5.14. The van der Waals surface area contributed by atoms with E-state index in [9.17, 15) is 4.79 Å². The zero-order chi connectivity index (χ0) is 11.8. The fourth-order valence-electron chi connectivity index (χ4n) is 1.32. The van der Waals surface area contributed by atoms with E-state index in [0.717, 1.165) is 6.42 Å². The minimum Gasteiger partial charge on any atom is -0.383 e. The number of ether oxygens (including phenoxy) is 1. The first-order valence-corrected chi connectivity index (χ1v) is 6.16. The van der Waals surface area contributed by atoms with E-state index in [4.69, 9.17) is 4.74 Å². The second kappa shape index (κ2) is 7.24. The van der Waals surface area contributed by atoms with E-state index < -0.39 is 0 Å². The molecule has 1 unspecified atom stereocenters. The predicted octanol–water partition coefficient (Wildman–Crippen LogP) is 1.62. The zero-order valence-corrected chi connectivity index (χ0v) is 10.5. The van der Waals surface area contributed by atoms with Crippen LogP contribution in [0.25, 0.3) is 0 Å². The molecule has 1 atom stereocenters. The maximum absolute atomic E-state index is 11.4. The van der Waals surface area contributed by atoms with Crippen LogP contribution in [0.4, 0.5) is 4.79 Å². The third-order valence-electron chi connectivity index (χ3n) is 2.03. The lowest BCUT2D eigenvalue weighted by atomic mass is 10.3. The first-order chi connectivity index (χ1) is 7.72. The monoisotopic (exact) mass is 242 g/mol. The lowest BCUT2D eigenvalue weighted by Crippen LogP contribution is -2.43. The van der Waals surface area contributed by atoms with Gasteiger partial charge in [0.25, 0.3) is 0 Å². The number of urea groups is 1. The highest BCUT2D eigenvalue weighted by Gasteiger charge is 2.05. The Balaban J connectivity index is 2.10. The minimum absolute atomic E-state index is 0.0340. The molecule has 0 radical (unpaired) electrons. The summed E-state index contributed by atoms with van der Waals surface area (Å²) in [5.41, 5.74) is 0. The molecule has 1 heterocycles. The van der Waals surface area contributed by atoms with Crippen molar-refractivity contribution in [1.82, 2.24) is 10.6 Å². The van der Waals surface area contributed by atoms with Crippen LogP contribution in [0, 0.1) is 0 Å². The molecule has 0 saturated carbocycles. The first-order valence-electron chi connectivity index (χ1n) is 5.28. The van der Waals surface area contributed by atoms with Gasteiger partial charge in [-0.15, -0.1) is 11.3 Å². The lowest BCUT2D eigenvalue weighted by molar-refractivity contribution is 0.171. The second-order valence-corrected chi connectivity index (χ2v) is 4.62. The summed E-state index contributed by atoms with van der Waals surface area (Å²) in [5.74, 6) is 0. The van der Waals surface area contributed by atoms with Gasteiger partial charge in [0.15, 0.2) is 0 Å². The molecule has 0 aliphatic carbocycles. The summed E-state index contributed by atoms with van der Waals surface area (Å²) >= 11 is 1.70. The van der Waals surface area contributed by atoms with Gasteiger partial charge in [0, 0.05) is 18.5 Å². The molecule has 0 fully saturated rings. The van der Waals surface area contributed by atoms with Crippen molar-refractivity contribution in [3.8, 4) is 0 Å². The Morgan fingerprint density at radius 1 is 1.62 bits per heavy atom. The fourth-order valence-corrected chi connectivity index (χ4v) is 2.03. The number of carbonyl (C=O) groups excluding carboxylic acids is 1. The van der Waals surface area contributed by atoms with Crippen molar-refractivity contribution in [3.05, 3.63) is 22.4 Å². The normalized spacial score (nSPS) is 12.1. The molecule has 0 bridgehead atoms. The van der Waals surface area contributed by atoms with Crippen LogP contribution in [-0.4, -0.2) is 32.3 Å². The van der Waals surface area contributed by atoms with E-state index in [1.54, 1.807) is 18.4 Å². The summed E-state index contributed by atoms with van der Waals surface area (Å²) < 4.78 is 4.93. The molecule has 2 amide bonds. The number of hydrogen-bond acceptors (Lipinski definition) is 3. The molecular formula is C11H18N2O2S. The number of thiophene rings is 1. The second-order valence-electron chi connectivity index (χ2n) is 3.59. The molecule has 1 rings (SSSR count). The van der Waals surface area contributed by atoms with Crippen molar-refractivity contribution >= 4 is 17.4 Å². The van der Waals surface area contributed by atoms with Gasteiger partial charge >= 0.3 is 6.03 Å². The number of amides is 2. The van der Waals surface area contributed by atoms with Gasteiger partial charge < -0.3 is 15.4 Å². The van der Waals surface area contributed by atoms with Crippen LogP contribution in [0.3, 0.4) is 0 Å². The van der Waals surface area contributed by atoms with Crippen LogP contribution in [0.5, 0.6) is 0 Å². The summed E-state index contributed by atoms with van der Waals surface area (Å²) in [6.07, 6.45) is 0.879. The van der Waals surface area contributed by atoms with Crippen molar-refractivity contribution in [2.45, 2.75) is 19.4 Å². The Morgan fingerprint density at radius 3 is 3.06 bits per heavy atom. The Morgan fingerprint density at radius 2 is 2.44 bits per heavy atom. The van der Waals surface area contributed by atoms with Crippen molar-refractivity contribution in [2.75, 3.05) is 20.3 Å². The highest BCUT2D eigenvalue weighted by atomic mass is 32.1. The van der Waals surface area contributed by atoms with Crippen LogP contribution >= 0.6 is 11.3 Å². The maximum atomic E-state index is 11.4. The Bertz CT molecular complexity index is 301. The van der Waals surface area contributed by atoms with Gasteiger partial charge in [0.1, 0.15) is 0 Å². The van der Waals surface area contributed by atoms with Crippen molar-refractivity contribution < 1.29 is 9.53 Å². The molecule has 4 nitrogen and oxygen atoms in total. The fraction of sp³-hybridized carbons (Fsp3) is 0.545. The molecule has 0 spiro atoms. The van der Waals surface area contributed by atoms with Crippen LogP contribution in [0.1, 0.15) is 11.8 Å². The lowest BCUT2D eigenvalue weighted by Gasteiger charge is -2.13. The Labute approximate surface area is 100 Å². The third-order valence-corrected chi connectivity index (χ3v) is 2.97. The van der Waals surface area contributed by atoms with E-state index in [2.05, 4.69) is 16.7 Å². The summed E-state index contributed by atoms with van der Waals surface area (Å²) in [6.45, 7) is 3.09. The number of carbonyl (C=O) groups is 1. The first kappa shape index (κ1) is 13.0. The van der Waals surface area contributed by atoms with Gasteiger partial charge in [-0.05, 0) is 24.8 Å². The summed E-state index contributed by atoms with van der Waals surface area (Å²) in [7, 11) is 1.62. The standard InChI is InChI=1S/C11H18N2O2S/c1-9(8-15-2)13-11(14)12-6-5-10-4-3-7-16-10/h3-4,7,9H,5-6,8H2,1-2H3,(H2,12,13,14). The summed E-state index contributed by atoms with van der Waals surface area (Å²) in [5, 5.41) is 7.64.